The predicted octanol–water partition coefficient (Wildman–Crippen LogP) is 3.50. The van der Waals surface area contributed by atoms with Crippen LogP contribution in [0.15, 0.2) is 42.5 Å². The van der Waals surface area contributed by atoms with Crippen molar-refractivity contribution in [2.75, 3.05) is 45.9 Å². The monoisotopic (exact) mass is 576 g/mol. The lowest BCUT2D eigenvalue weighted by atomic mass is 9.83. The normalized spacial score (nSPS) is 21.3. The average Bonchev–Trinajstić information content (AvgIpc) is 3.69. The first-order valence-corrected chi connectivity index (χ1v) is 15.5. The molecule has 0 aromatic heterocycles. The molecule has 0 aliphatic carbocycles. The van der Waals surface area contributed by atoms with Crippen LogP contribution in [0.3, 0.4) is 0 Å². The first kappa shape index (κ1) is 30.0. The molecule has 2 amide bonds. The number of carboxylic acids is 1. The largest absolute Gasteiger partial charge is 0.493 e. The van der Waals surface area contributed by atoms with E-state index in [1.54, 1.807) is 0 Å². The number of aliphatic carboxylic acids is 1. The highest BCUT2D eigenvalue weighted by Gasteiger charge is 2.47. The van der Waals surface area contributed by atoms with Crippen molar-refractivity contribution in [3.8, 4) is 5.75 Å². The Morgan fingerprint density at radius 2 is 1.90 bits per heavy atom. The van der Waals surface area contributed by atoms with E-state index < -0.39 is 11.9 Å². The van der Waals surface area contributed by atoms with Crippen molar-refractivity contribution in [2.45, 2.75) is 64.0 Å². The molecule has 0 bridgehead atoms. The Morgan fingerprint density at radius 1 is 1.10 bits per heavy atom. The fourth-order valence-corrected chi connectivity index (χ4v) is 6.84. The number of carbonyl (C=O) groups is 3. The van der Waals surface area contributed by atoms with Crippen LogP contribution in [0.2, 0.25) is 0 Å². The molecule has 0 spiro atoms. The Bertz CT molecular complexity index is 1280. The van der Waals surface area contributed by atoms with Gasteiger partial charge in [0.1, 0.15) is 5.75 Å². The van der Waals surface area contributed by atoms with Gasteiger partial charge in [0.15, 0.2) is 0 Å². The molecule has 3 aliphatic rings. The van der Waals surface area contributed by atoms with E-state index in [0.29, 0.717) is 57.9 Å². The molecule has 3 N–H and O–H groups in total. The molecule has 3 unspecified atom stereocenters. The maximum absolute atomic E-state index is 13.7. The van der Waals surface area contributed by atoms with Crippen LogP contribution in [0.4, 0.5) is 0 Å². The molecule has 2 aromatic rings. The minimum Gasteiger partial charge on any atom is -0.493 e. The van der Waals surface area contributed by atoms with Crippen molar-refractivity contribution in [1.29, 1.82) is 0 Å². The van der Waals surface area contributed by atoms with Gasteiger partial charge < -0.3 is 25.4 Å². The molecule has 3 aliphatic heterocycles. The molecular formula is C33H44N4O5. The van der Waals surface area contributed by atoms with Crippen molar-refractivity contribution in [3.05, 3.63) is 64.7 Å². The van der Waals surface area contributed by atoms with E-state index in [9.17, 15) is 19.5 Å². The number of nitrogens with zero attached hydrogens (tertiary/aromatic N) is 3. The summed E-state index contributed by atoms with van der Waals surface area (Å²) in [5, 5.41) is 10.6. The zero-order chi connectivity index (χ0) is 29.6. The molecule has 3 atom stereocenters. The topological polar surface area (TPSA) is 116 Å². The minimum atomic E-state index is -0.862. The van der Waals surface area contributed by atoms with Gasteiger partial charge >= 0.3 is 5.97 Å². The second kappa shape index (κ2) is 13.7. The van der Waals surface area contributed by atoms with Gasteiger partial charge in [-0.25, -0.2) is 0 Å². The molecule has 9 heteroatoms. The summed E-state index contributed by atoms with van der Waals surface area (Å²) < 4.78 is 5.69. The van der Waals surface area contributed by atoms with Crippen LogP contribution in [-0.4, -0.2) is 89.5 Å². The number of likely N-dealkylation sites (tertiary alicyclic amines) is 1. The van der Waals surface area contributed by atoms with Crippen LogP contribution in [0.25, 0.3) is 0 Å². The number of amides is 2. The number of unbranched alkanes of at least 4 members (excludes halogenated alkanes) is 2. The van der Waals surface area contributed by atoms with Gasteiger partial charge in [-0.15, -0.1) is 0 Å². The number of fused-ring (bicyclic) bond motifs is 2. The number of hydrogen-bond donors (Lipinski definition) is 2. The van der Waals surface area contributed by atoms with E-state index in [-0.39, 0.29) is 30.3 Å². The summed E-state index contributed by atoms with van der Waals surface area (Å²) in [5.41, 5.74) is 9.50. The summed E-state index contributed by atoms with van der Waals surface area (Å²) >= 11 is 0. The lowest BCUT2D eigenvalue weighted by molar-refractivity contribution is -0.144. The molecule has 0 saturated carbocycles. The van der Waals surface area contributed by atoms with E-state index in [2.05, 4.69) is 17.9 Å². The van der Waals surface area contributed by atoms with Gasteiger partial charge in [0.25, 0.3) is 5.91 Å². The summed E-state index contributed by atoms with van der Waals surface area (Å²) in [6, 6.07) is 13.3. The molecular weight excluding hydrogens is 532 g/mol. The van der Waals surface area contributed by atoms with E-state index in [4.69, 9.17) is 10.5 Å². The van der Waals surface area contributed by atoms with Gasteiger partial charge in [0.05, 0.1) is 19.1 Å². The number of carboxylic acid groups (broad SMARTS) is 1. The van der Waals surface area contributed by atoms with E-state index in [0.717, 1.165) is 54.5 Å². The molecule has 226 valence electrons. The number of ether oxygens (including phenoxy) is 1. The highest BCUT2D eigenvalue weighted by molar-refractivity contribution is 5.98. The average molecular weight is 577 g/mol. The van der Waals surface area contributed by atoms with Crippen molar-refractivity contribution in [3.63, 3.8) is 0 Å². The van der Waals surface area contributed by atoms with E-state index >= 15 is 0 Å². The van der Waals surface area contributed by atoms with Gasteiger partial charge in [-0.05, 0) is 61.1 Å². The van der Waals surface area contributed by atoms with Crippen LogP contribution in [0, 0.1) is 5.92 Å². The highest BCUT2D eigenvalue weighted by atomic mass is 16.5. The van der Waals surface area contributed by atoms with Crippen molar-refractivity contribution in [2.24, 2.45) is 11.7 Å². The fraction of sp³-hybridized carbons (Fsp3) is 0.545. The Kier molecular flexibility index (Phi) is 9.80. The van der Waals surface area contributed by atoms with Crippen LogP contribution >= 0.6 is 0 Å². The van der Waals surface area contributed by atoms with Crippen molar-refractivity contribution >= 4 is 17.8 Å². The predicted molar refractivity (Wildman–Crippen MR) is 160 cm³/mol. The molecule has 2 aromatic carbocycles. The lowest BCUT2D eigenvalue weighted by Crippen LogP contribution is -2.45. The van der Waals surface area contributed by atoms with Crippen LogP contribution < -0.4 is 10.5 Å². The van der Waals surface area contributed by atoms with Gasteiger partial charge in [0, 0.05) is 56.7 Å². The quantitative estimate of drug-likeness (QED) is 0.331. The Morgan fingerprint density at radius 3 is 2.67 bits per heavy atom. The van der Waals surface area contributed by atoms with Gasteiger partial charge in [0.2, 0.25) is 5.91 Å². The fourth-order valence-electron chi connectivity index (χ4n) is 6.84. The SMILES string of the molecule is CCCCN(CCCCN)C(=O)CN1CC(c2ccc3c(c2)CCO3)C(C(=O)O)C1CCN1Cc2ccccc2C1=O. The minimum absolute atomic E-state index is 0.0149. The maximum Gasteiger partial charge on any atom is 0.308 e. The summed E-state index contributed by atoms with van der Waals surface area (Å²) in [7, 11) is 0. The first-order valence-electron chi connectivity index (χ1n) is 15.5. The zero-order valence-corrected chi connectivity index (χ0v) is 24.7. The van der Waals surface area contributed by atoms with Crippen molar-refractivity contribution < 1.29 is 24.2 Å². The second-order valence-corrected chi connectivity index (χ2v) is 11.8. The summed E-state index contributed by atoms with van der Waals surface area (Å²) in [6.45, 7) is 6.30. The third-order valence-electron chi connectivity index (χ3n) is 9.12. The Balaban J connectivity index is 1.38. The summed E-state index contributed by atoms with van der Waals surface area (Å²) in [4.78, 5) is 45.5. The van der Waals surface area contributed by atoms with Crippen LogP contribution in [-0.2, 0) is 22.6 Å². The van der Waals surface area contributed by atoms with Gasteiger partial charge in [-0.1, -0.05) is 43.7 Å². The molecule has 1 fully saturated rings. The third-order valence-corrected chi connectivity index (χ3v) is 9.12. The lowest BCUT2D eigenvalue weighted by Gasteiger charge is -2.31. The Labute approximate surface area is 248 Å². The molecule has 3 heterocycles. The van der Waals surface area contributed by atoms with E-state index in [1.807, 2.05) is 46.2 Å². The summed E-state index contributed by atoms with van der Waals surface area (Å²) in [6.07, 6.45) is 4.92. The highest BCUT2D eigenvalue weighted by Crippen LogP contribution is 2.41. The number of hydrogen-bond acceptors (Lipinski definition) is 6. The van der Waals surface area contributed by atoms with Crippen molar-refractivity contribution in [1.82, 2.24) is 14.7 Å². The molecule has 1 saturated heterocycles. The number of carbonyl (C=O) groups excluding carboxylic acids is 2. The van der Waals surface area contributed by atoms with Crippen LogP contribution in [0.1, 0.15) is 72.0 Å². The standard InChI is InChI=1S/C33H44N4O5/c1-2-3-15-35(16-7-6-14-34)30(38)22-37-21-27(23-10-11-29-24(19-23)13-18-42-29)31(33(40)41)28(37)12-17-36-20-25-8-4-5-9-26(25)32(36)39/h4-5,8-11,19,27-28,31H,2-3,6-7,12-18,20-22,34H2,1H3,(H,40,41). The number of benzene rings is 2. The molecule has 42 heavy (non-hydrogen) atoms. The van der Waals surface area contributed by atoms with Gasteiger partial charge in [-0.2, -0.15) is 0 Å². The molecule has 0 radical (unpaired) electrons. The van der Waals surface area contributed by atoms with Crippen LogP contribution in [0.5, 0.6) is 5.75 Å². The summed E-state index contributed by atoms with van der Waals surface area (Å²) in [5.74, 6) is -0.943. The maximum atomic E-state index is 13.7. The first-order chi connectivity index (χ1) is 20.4. The molecule has 5 rings (SSSR count). The second-order valence-electron chi connectivity index (χ2n) is 11.8. The zero-order valence-electron chi connectivity index (χ0n) is 24.7. The smallest absolute Gasteiger partial charge is 0.308 e. The third kappa shape index (κ3) is 6.47. The van der Waals surface area contributed by atoms with Gasteiger partial charge in [-0.3, -0.25) is 19.3 Å². The molecule has 9 nitrogen and oxygen atoms in total. The number of rotatable bonds is 14. The number of nitrogens with two attached hydrogens (primary N) is 1. The van der Waals surface area contributed by atoms with E-state index in [1.165, 1.54) is 0 Å². The Hall–Kier alpha value is -3.43.